The van der Waals surface area contributed by atoms with Gasteiger partial charge in [-0.05, 0) is 57.2 Å². The number of amides is 1. The highest BCUT2D eigenvalue weighted by atomic mass is 16.5. The number of ketones is 1. The molecule has 0 bridgehead atoms. The molecule has 0 atom stereocenters. The molecule has 2 aromatic rings. The van der Waals surface area contributed by atoms with E-state index in [1.54, 1.807) is 50.6 Å². The smallest absolute Gasteiger partial charge is 0.260 e. The van der Waals surface area contributed by atoms with Crippen LogP contribution in [0.4, 0.5) is 5.82 Å². The fourth-order valence-corrected chi connectivity index (χ4v) is 3.48. The number of carbonyl (C=O) groups excluding carboxylic acids is 2. The molecule has 166 valence electrons. The topological polar surface area (TPSA) is 90.0 Å². The Kier molecular flexibility index (Phi) is 7.97. The molecule has 1 aliphatic heterocycles. The Bertz CT molecular complexity index is 910. The van der Waals surface area contributed by atoms with Gasteiger partial charge in [0.2, 0.25) is 0 Å². The van der Waals surface area contributed by atoms with Crippen molar-refractivity contribution in [1.29, 1.82) is 0 Å². The minimum Gasteiger partial charge on any atom is -0.497 e. The van der Waals surface area contributed by atoms with Crippen LogP contribution in [0, 0.1) is 5.92 Å². The molecule has 1 aliphatic rings. The van der Waals surface area contributed by atoms with Crippen LogP contribution in [0.25, 0.3) is 0 Å². The first-order valence-corrected chi connectivity index (χ1v) is 10.3. The minimum absolute atomic E-state index is 0.0252. The number of ether oxygens (including phenoxy) is 3. The van der Waals surface area contributed by atoms with Crippen LogP contribution in [0.2, 0.25) is 0 Å². The van der Waals surface area contributed by atoms with Gasteiger partial charge in [0.25, 0.3) is 5.91 Å². The number of hydrogen-bond donors (Lipinski definition) is 1. The summed E-state index contributed by atoms with van der Waals surface area (Å²) in [5, 5.41) is 2.77. The molecule has 2 heterocycles. The largest absolute Gasteiger partial charge is 0.497 e. The Morgan fingerprint density at radius 3 is 2.61 bits per heavy atom. The van der Waals surface area contributed by atoms with E-state index in [-0.39, 0.29) is 17.6 Å². The van der Waals surface area contributed by atoms with Crippen molar-refractivity contribution in [2.45, 2.75) is 12.8 Å². The van der Waals surface area contributed by atoms with Gasteiger partial charge in [-0.3, -0.25) is 9.59 Å². The van der Waals surface area contributed by atoms with E-state index in [9.17, 15) is 9.59 Å². The fourth-order valence-electron chi connectivity index (χ4n) is 3.48. The second-order valence-corrected chi connectivity index (χ2v) is 7.51. The van der Waals surface area contributed by atoms with Crippen LogP contribution < -0.4 is 14.8 Å². The van der Waals surface area contributed by atoms with Gasteiger partial charge in [-0.15, -0.1) is 0 Å². The predicted molar refractivity (Wildman–Crippen MR) is 117 cm³/mol. The highest BCUT2D eigenvalue weighted by molar-refractivity contribution is 6.06. The van der Waals surface area contributed by atoms with Crippen molar-refractivity contribution in [1.82, 2.24) is 9.88 Å². The Balaban J connectivity index is 1.73. The van der Waals surface area contributed by atoms with Gasteiger partial charge >= 0.3 is 0 Å². The zero-order chi connectivity index (χ0) is 22.2. The van der Waals surface area contributed by atoms with Crippen LogP contribution in [-0.4, -0.2) is 69.1 Å². The zero-order valence-corrected chi connectivity index (χ0v) is 18.2. The van der Waals surface area contributed by atoms with Crippen LogP contribution >= 0.6 is 0 Å². The van der Waals surface area contributed by atoms with Gasteiger partial charge in [-0.1, -0.05) is 6.07 Å². The number of pyridine rings is 1. The first kappa shape index (κ1) is 22.7. The third kappa shape index (κ3) is 6.02. The van der Waals surface area contributed by atoms with Gasteiger partial charge in [0.05, 0.1) is 19.3 Å². The average Bonchev–Trinajstić information content (AvgIpc) is 2.79. The number of anilines is 1. The third-order valence-electron chi connectivity index (χ3n) is 5.31. The van der Waals surface area contributed by atoms with Crippen molar-refractivity contribution < 1.29 is 23.8 Å². The van der Waals surface area contributed by atoms with Crippen LogP contribution in [0.1, 0.15) is 33.7 Å². The molecule has 0 aliphatic carbocycles. The van der Waals surface area contributed by atoms with E-state index in [4.69, 9.17) is 14.2 Å². The summed E-state index contributed by atoms with van der Waals surface area (Å²) < 4.78 is 15.9. The molecule has 8 nitrogen and oxygen atoms in total. The normalized spacial score (nSPS) is 14.8. The number of aromatic nitrogens is 1. The lowest BCUT2D eigenvalue weighted by Crippen LogP contribution is -2.33. The lowest BCUT2D eigenvalue weighted by Gasteiger charge is -2.27. The maximum atomic E-state index is 12.9. The zero-order valence-electron chi connectivity index (χ0n) is 18.2. The van der Waals surface area contributed by atoms with E-state index in [1.807, 2.05) is 0 Å². The Hall–Kier alpha value is -2.97. The second-order valence-electron chi connectivity index (χ2n) is 7.51. The first-order valence-electron chi connectivity index (χ1n) is 10.3. The first-order chi connectivity index (χ1) is 15.0. The van der Waals surface area contributed by atoms with E-state index in [1.165, 1.54) is 0 Å². The molecule has 8 heteroatoms. The highest BCUT2D eigenvalue weighted by Crippen LogP contribution is 2.26. The Morgan fingerprint density at radius 1 is 1.13 bits per heavy atom. The molecule has 1 amide bonds. The Labute approximate surface area is 182 Å². The van der Waals surface area contributed by atoms with Crippen molar-refractivity contribution in [3.05, 3.63) is 47.7 Å². The van der Waals surface area contributed by atoms with Gasteiger partial charge < -0.3 is 24.4 Å². The molecule has 0 radical (unpaired) electrons. The standard InChI is InChI=1S/C23H29N3O5/c1-26-11-9-16(10-12-26)22(27)19-5-4-6-21(24-19)25-23(28)18-8-7-17(30-3)15-20(18)31-14-13-29-2/h4-8,15-16H,9-14H2,1-3H3,(H,24,25,28). The predicted octanol–water partition coefficient (Wildman–Crippen LogP) is 2.89. The SMILES string of the molecule is COCCOc1cc(OC)ccc1C(=O)Nc1cccc(C(=O)C2CCN(C)CC2)n1. The summed E-state index contributed by atoms with van der Waals surface area (Å²) in [7, 11) is 5.18. The van der Waals surface area contributed by atoms with Crippen LogP contribution in [0.5, 0.6) is 11.5 Å². The van der Waals surface area contributed by atoms with E-state index < -0.39 is 0 Å². The molecule has 1 aromatic heterocycles. The van der Waals surface area contributed by atoms with Gasteiger partial charge in [0.15, 0.2) is 5.78 Å². The van der Waals surface area contributed by atoms with Gasteiger partial charge in [-0.25, -0.2) is 4.98 Å². The van der Waals surface area contributed by atoms with Crippen LogP contribution in [0.15, 0.2) is 36.4 Å². The molecule has 0 saturated carbocycles. The molecule has 0 spiro atoms. The average molecular weight is 428 g/mol. The number of carbonyl (C=O) groups is 2. The van der Waals surface area contributed by atoms with Crippen molar-refractivity contribution in [3.8, 4) is 11.5 Å². The lowest BCUT2D eigenvalue weighted by atomic mass is 9.91. The maximum Gasteiger partial charge on any atom is 0.260 e. The van der Waals surface area contributed by atoms with E-state index in [2.05, 4.69) is 22.2 Å². The number of piperidine rings is 1. The quantitative estimate of drug-likeness (QED) is 0.486. The number of nitrogens with one attached hydrogen (secondary N) is 1. The van der Waals surface area contributed by atoms with E-state index in [0.717, 1.165) is 25.9 Å². The fraction of sp³-hybridized carbons (Fsp3) is 0.435. The number of likely N-dealkylation sites (tertiary alicyclic amines) is 1. The van der Waals surface area contributed by atoms with E-state index in [0.29, 0.717) is 41.8 Å². The summed E-state index contributed by atoms with van der Waals surface area (Å²) in [6.45, 7) is 2.48. The number of benzene rings is 1. The lowest BCUT2D eigenvalue weighted by molar-refractivity contribution is 0.0851. The van der Waals surface area contributed by atoms with Crippen molar-refractivity contribution in [2.75, 3.05) is 52.9 Å². The van der Waals surface area contributed by atoms with Crippen molar-refractivity contribution in [3.63, 3.8) is 0 Å². The van der Waals surface area contributed by atoms with Crippen molar-refractivity contribution >= 4 is 17.5 Å². The summed E-state index contributed by atoms with van der Waals surface area (Å²) in [4.78, 5) is 32.3. The number of rotatable bonds is 9. The second kappa shape index (κ2) is 10.9. The summed E-state index contributed by atoms with van der Waals surface area (Å²) in [6, 6.07) is 10.1. The third-order valence-corrected chi connectivity index (χ3v) is 5.31. The number of hydrogen-bond acceptors (Lipinski definition) is 7. The summed E-state index contributed by atoms with van der Waals surface area (Å²) in [5.41, 5.74) is 0.712. The molecule has 1 aromatic carbocycles. The van der Waals surface area contributed by atoms with E-state index >= 15 is 0 Å². The number of methoxy groups -OCH3 is 2. The molecule has 1 saturated heterocycles. The Morgan fingerprint density at radius 2 is 1.90 bits per heavy atom. The summed E-state index contributed by atoms with van der Waals surface area (Å²) in [6.07, 6.45) is 1.64. The number of Topliss-reactive ketones (excluding diaryl/α,β-unsaturated/α-hetero) is 1. The molecule has 0 unspecified atom stereocenters. The minimum atomic E-state index is -0.383. The molecule has 1 N–H and O–H groups in total. The summed E-state index contributed by atoms with van der Waals surface area (Å²) in [5.74, 6) is 0.892. The highest BCUT2D eigenvalue weighted by Gasteiger charge is 2.25. The molecular weight excluding hydrogens is 398 g/mol. The van der Waals surface area contributed by atoms with Crippen LogP contribution in [-0.2, 0) is 4.74 Å². The molecule has 1 fully saturated rings. The van der Waals surface area contributed by atoms with Crippen LogP contribution in [0.3, 0.4) is 0 Å². The van der Waals surface area contributed by atoms with Gasteiger partial charge in [-0.2, -0.15) is 0 Å². The monoisotopic (exact) mass is 427 g/mol. The molecular formula is C23H29N3O5. The number of nitrogens with zero attached hydrogens (tertiary/aromatic N) is 2. The summed E-state index contributed by atoms with van der Waals surface area (Å²) >= 11 is 0. The van der Waals surface area contributed by atoms with Gasteiger partial charge in [0.1, 0.15) is 29.6 Å². The molecule has 31 heavy (non-hydrogen) atoms. The van der Waals surface area contributed by atoms with Gasteiger partial charge in [0, 0.05) is 19.1 Å². The molecule has 3 rings (SSSR count). The maximum absolute atomic E-state index is 12.9. The van der Waals surface area contributed by atoms with Crippen molar-refractivity contribution in [2.24, 2.45) is 5.92 Å².